The van der Waals surface area contributed by atoms with E-state index in [0.29, 0.717) is 17.3 Å². The number of hydrogen-bond acceptors (Lipinski definition) is 4. The number of anilines is 1. The molecule has 3 rings (SSSR count). The molecule has 0 aliphatic rings. The minimum atomic E-state index is -0.842. The number of rotatable bonds is 6. The molecule has 0 fully saturated rings. The molecule has 2 aromatic carbocycles. The van der Waals surface area contributed by atoms with Crippen molar-refractivity contribution in [3.8, 4) is 11.5 Å². The highest BCUT2D eigenvalue weighted by Gasteiger charge is 2.20. The molecule has 0 aliphatic heterocycles. The van der Waals surface area contributed by atoms with Crippen molar-refractivity contribution in [3.05, 3.63) is 71.4 Å². The molecule has 0 spiro atoms. The lowest BCUT2D eigenvalue weighted by Crippen LogP contribution is -2.42. The van der Waals surface area contributed by atoms with Crippen molar-refractivity contribution in [1.29, 1.82) is 0 Å². The Kier molecular flexibility index (Phi) is 6.07. The van der Waals surface area contributed by atoms with Crippen LogP contribution in [0, 0.1) is 19.7 Å². The van der Waals surface area contributed by atoms with Crippen LogP contribution in [0.4, 0.5) is 10.1 Å². The highest BCUT2D eigenvalue weighted by molar-refractivity contribution is 5.97. The number of benzene rings is 2. The Hall–Kier alpha value is -3.48. The van der Waals surface area contributed by atoms with Crippen molar-refractivity contribution in [3.63, 3.8) is 0 Å². The lowest BCUT2D eigenvalue weighted by molar-refractivity contribution is -0.125. The highest BCUT2D eigenvalue weighted by atomic mass is 19.1. The minimum Gasteiger partial charge on any atom is -0.441 e. The van der Waals surface area contributed by atoms with E-state index in [-0.39, 0.29) is 18.0 Å². The smallest absolute Gasteiger partial charge is 0.246 e. The molecule has 0 saturated carbocycles. The fraction of sp³-hybridized carbons (Fsp3) is 0.227. The van der Waals surface area contributed by atoms with Crippen molar-refractivity contribution in [2.75, 3.05) is 5.32 Å². The topological polar surface area (TPSA) is 84.2 Å². The Bertz CT molecular complexity index is 1050. The van der Waals surface area contributed by atoms with Gasteiger partial charge in [-0.1, -0.05) is 30.3 Å². The van der Waals surface area contributed by atoms with Crippen molar-refractivity contribution < 1.29 is 18.4 Å². The Morgan fingerprint density at radius 3 is 2.52 bits per heavy atom. The second kappa shape index (κ2) is 8.68. The van der Waals surface area contributed by atoms with Gasteiger partial charge in [0.1, 0.15) is 17.6 Å². The lowest BCUT2D eigenvalue weighted by atomic mass is 10.1. The van der Waals surface area contributed by atoms with Crippen LogP contribution in [0.25, 0.3) is 11.5 Å². The van der Waals surface area contributed by atoms with E-state index in [2.05, 4.69) is 15.6 Å². The van der Waals surface area contributed by atoms with Gasteiger partial charge in [-0.2, -0.15) is 0 Å². The largest absolute Gasteiger partial charge is 0.441 e. The number of amides is 2. The van der Waals surface area contributed by atoms with E-state index in [9.17, 15) is 14.0 Å². The van der Waals surface area contributed by atoms with E-state index < -0.39 is 17.8 Å². The maximum Gasteiger partial charge on any atom is 0.246 e. The summed E-state index contributed by atoms with van der Waals surface area (Å²) in [4.78, 5) is 29.0. The fourth-order valence-corrected chi connectivity index (χ4v) is 2.83. The third kappa shape index (κ3) is 4.87. The van der Waals surface area contributed by atoms with Gasteiger partial charge in [-0.15, -0.1) is 0 Å². The molecule has 6 nitrogen and oxygen atoms in total. The zero-order chi connectivity index (χ0) is 21.0. The number of aromatic nitrogens is 1. The summed E-state index contributed by atoms with van der Waals surface area (Å²) in [5, 5.41) is 5.06. The zero-order valence-corrected chi connectivity index (χ0v) is 16.5. The number of nitrogens with zero attached hydrogens (tertiary/aromatic N) is 1. The monoisotopic (exact) mass is 395 g/mol. The van der Waals surface area contributed by atoms with Gasteiger partial charge in [-0.3, -0.25) is 9.59 Å². The third-order valence-electron chi connectivity index (χ3n) is 4.50. The van der Waals surface area contributed by atoms with E-state index in [1.54, 1.807) is 13.0 Å². The van der Waals surface area contributed by atoms with Crippen LogP contribution >= 0.6 is 0 Å². The molecule has 1 unspecified atom stereocenters. The van der Waals surface area contributed by atoms with Gasteiger partial charge < -0.3 is 15.1 Å². The summed E-state index contributed by atoms with van der Waals surface area (Å²) in [7, 11) is 0. The van der Waals surface area contributed by atoms with Crippen LogP contribution in [0.2, 0.25) is 0 Å². The molecule has 1 atom stereocenters. The molecule has 2 N–H and O–H groups in total. The van der Waals surface area contributed by atoms with Gasteiger partial charge in [0.15, 0.2) is 0 Å². The molecule has 1 heterocycles. The van der Waals surface area contributed by atoms with Gasteiger partial charge in [0.25, 0.3) is 0 Å². The Balaban J connectivity index is 1.63. The average molecular weight is 395 g/mol. The molecule has 150 valence electrons. The summed E-state index contributed by atoms with van der Waals surface area (Å²) < 4.78 is 19.4. The van der Waals surface area contributed by atoms with E-state index in [0.717, 1.165) is 11.1 Å². The first kappa shape index (κ1) is 20.3. The van der Waals surface area contributed by atoms with E-state index >= 15 is 0 Å². The predicted molar refractivity (Wildman–Crippen MR) is 108 cm³/mol. The molecule has 0 aliphatic carbocycles. The quantitative estimate of drug-likeness (QED) is 0.665. The van der Waals surface area contributed by atoms with E-state index in [1.807, 2.05) is 31.2 Å². The molecule has 1 aromatic heterocycles. The first-order valence-corrected chi connectivity index (χ1v) is 9.22. The van der Waals surface area contributed by atoms with Crippen LogP contribution in [0.1, 0.15) is 23.9 Å². The standard InChI is InChI=1S/C22H22FN3O3/c1-13-8-4-5-9-16(13)22-26-19(15(3)29-22)12-20(27)24-14(2)21(28)25-18-11-7-6-10-17(18)23/h4-11,14H,12H2,1-3H3,(H,24,27)(H,25,28). The minimum absolute atomic E-state index is 0.0292. The van der Waals surface area contributed by atoms with Gasteiger partial charge in [-0.25, -0.2) is 9.37 Å². The maximum absolute atomic E-state index is 13.7. The van der Waals surface area contributed by atoms with Crippen molar-refractivity contribution in [1.82, 2.24) is 10.3 Å². The van der Waals surface area contributed by atoms with Crippen molar-refractivity contribution in [2.24, 2.45) is 0 Å². The highest BCUT2D eigenvalue weighted by Crippen LogP contribution is 2.24. The average Bonchev–Trinajstić information content (AvgIpc) is 3.03. The Morgan fingerprint density at radius 1 is 1.10 bits per heavy atom. The second-order valence-corrected chi connectivity index (χ2v) is 6.77. The lowest BCUT2D eigenvalue weighted by Gasteiger charge is -2.14. The van der Waals surface area contributed by atoms with Gasteiger partial charge in [-0.05, 0) is 44.5 Å². The van der Waals surface area contributed by atoms with Gasteiger partial charge in [0, 0.05) is 5.56 Å². The van der Waals surface area contributed by atoms with Gasteiger partial charge in [0.2, 0.25) is 17.7 Å². The van der Waals surface area contributed by atoms with Crippen LogP contribution in [-0.2, 0) is 16.0 Å². The summed E-state index contributed by atoms with van der Waals surface area (Å²) in [6.07, 6.45) is -0.0292. The van der Waals surface area contributed by atoms with Crippen LogP contribution < -0.4 is 10.6 Å². The number of oxazole rings is 1. The van der Waals surface area contributed by atoms with Gasteiger partial charge >= 0.3 is 0 Å². The summed E-state index contributed by atoms with van der Waals surface area (Å²) in [5.74, 6) is -0.438. The molecular weight excluding hydrogens is 373 g/mol. The summed E-state index contributed by atoms with van der Waals surface area (Å²) in [5.41, 5.74) is 2.44. The van der Waals surface area contributed by atoms with E-state index in [1.165, 1.54) is 25.1 Å². The van der Waals surface area contributed by atoms with Crippen LogP contribution in [-0.4, -0.2) is 22.8 Å². The molecule has 0 bridgehead atoms. The van der Waals surface area contributed by atoms with Crippen LogP contribution in [0.15, 0.2) is 52.9 Å². The van der Waals surface area contributed by atoms with Crippen LogP contribution in [0.3, 0.4) is 0 Å². The molecule has 2 amide bonds. The fourth-order valence-electron chi connectivity index (χ4n) is 2.83. The summed E-state index contributed by atoms with van der Waals surface area (Å²) in [6.45, 7) is 5.23. The number of carbonyl (C=O) groups excluding carboxylic acids is 2. The van der Waals surface area contributed by atoms with Gasteiger partial charge in [0.05, 0.1) is 17.8 Å². The first-order chi connectivity index (χ1) is 13.8. The molecule has 0 saturated heterocycles. The SMILES string of the molecule is Cc1ccccc1-c1nc(CC(=O)NC(C)C(=O)Nc2ccccc2F)c(C)o1. The predicted octanol–water partition coefficient (Wildman–Crippen LogP) is 3.78. The number of carbonyl (C=O) groups is 2. The van der Waals surface area contributed by atoms with E-state index in [4.69, 9.17) is 4.42 Å². The molecular formula is C22H22FN3O3. The molecule has 7 heteroatoms. The number of aryl methyl sites for hydroxylation is 2. The number of para-hydroxylation sites is 1. The normalized spacial score (nSPS) is 11.7. The molecule has 29 heavy (non-hydrogen) atoms. The Labute approximate surface area is 168 Å². The zero-order valence-electron chi connectivity index (χ0n) is 16.5. The third-order valence-corrected chi connectivity index (χ3v) is 4.50. The molecule has 3 aromatic rings. The second-order valence-electron chi connectivity index (χ2n) is 6.77. The number of hydrogen-bond donors (Lipinski definition) is 2. The van der Waals surface area contributed by atoms with Crippen molar-refractivity contribution in [2.45, 2.75) is 33.2 Å². The summed E-state index contributed by atoms with van der Waals surface area (Å²) in [6, 6.07) is 12.7. The first-order valence-electron chi connectivity index (χ1n) is 9.22. The Morgan fingerprint density at radius 2 is 1.79 bits per heavy atom. The number of nitrogens with one attached hydrogen (secondary N) is 2. The number of halogens is 1. The van der Waals surface area contributed by atoms with Crippen LogP contribution in [0.5, 0.6) is 0 Å². The summed E-state index contributed by atoms with van der Waals surface area (Å²) >= 11 is 0. The maximum atomic E-state index is 13.7. The molecule has 0 radical (unpaired) electrons. The van der Waals surface area contributed by atoms with Crippen molar-refractivity contribution >= 4 is 17.5 Å².